The molecule has 140 valence electrons. The van der Waals surface area contributed by atoms with E-state index >= 15 is 0 Å². The molecule has 0 radical (unpaired) electrons. The van der Waals surface area contributed by atoms with Crippen molar-refractivity contribution in [2.24, 2.45) is 0 Å². The van der Waals surface area contributed by atoms with Gasteiger partial charge in [-0.15, -0.1) is 0 Å². The predicted octanol–water partition coefficient (Wildman–Crippen LogP) is 5.10. The molecule has 6 heteroatoms. The zero-order chi connectivity index (χ0) is 19.3. The van der Waals surface area contributed by atoms with E-state index < -0.39 is 0 Å². The maximum Gasteiger partial charge on any atom is 0.159 e. The highest BCUT2D eigenvalue weighted by Gasteiger charge is 2.10. The first-order valence-corrected chi connectivity index (χ1v) is 9.09. The molecule has 1 heterocycles. The van der Waals surface area contributed by atoms with E-state index in [9.17, 15) is 0 Å². The molecule has 4 N–H and O–H groups in total. The molecule has 3 aromatic carbocycles. The number of nitrogen functional groups attached to an aromatic ring is 1. The SMILES string of the molecule is CCOc1ccc(Nc2ncnc(Nc3cccc4ccccc34)c2N)cc1. The van der Waals surface area contributed by atoms with Crippen LogP contribution in [0, 0.1) is 0 Å². The molecule has 6 nitrogen and oxygen atoms in total. The van der Waals surface area contributed by atoms with Crippen LogP contribution in [0.25, 0.3) is 10.8 Å². The predicted molar refractivity (Wildman–Crippen MR) is 115 cm³/mol. The molecule has 0 spiro atoms. The van der Waals surface area contributed by atoms with Crippen LogP contribution < -0.4 is 21.1 Å². The van der Waals surface area contributed by atoms with Crippen molar-refractivity contribution >= 4 is 39.5 Å². The van der Waals surface area contributed by atoms with Gasteiger partial charge in [0.25, 0.3) is 0 Å². The fraction of sp³-hybridized carbons (Fsp3) is 0.0909. The van der Waals surface area contributed by atoms with E-state index in [0.717, 1.165) is 27.9 Å². The second-order valence-corrected chi connectivity index (χ2v) is 6.22. The molecule has 0 amide bonds. The zero-order valence-electron chi connectivity index (χ0n) is 15.5. The van der Waals surface area contributed by atoms with Crippen LogP contribution in [-0.4, -0.2) is 16.6 Å². The first-order valence-electron chi connectivity index (χ1n) is 9.09. The summed E-state index contributed by atoms with van der Waals surface area (Å²) in [6, 6.07) is 21.9. The second kappa shape index (κ2) is 7.84. The number of nitrogens with one attached hydrogen (secondary N) is 2. The molecule has 0 bridgehead atoms. The summed E-state index contributed by atoms with van der Waals surface area (Å²) in [5.74, 6) is 1.92. The summed E-state index contributed by atoms with van der Waals surface area (Å²) in [5, 5.41) is 8.81. The van der Waals surface area contributed by atoms with Gasteiger partial charge in [0.05, 0.1) is 6.61 Å². The van der Waals surface area contributed by atoms with Gasteiger partial charge in [0.15, 0.2) is 11.6 Å². The van der Waals surface area contributed by atoms with Gasteiger partial charge < -0.3 is 21.1 Å². The topological polar surface area (TPSA) is 85.1 Å². The van der Waals surface area contributed by atoms with Gasteiger partial charge in [0.1, 0.15) is 17.8 Å². The molecule has 0 unspecified atom stereocenters. The van der Waals surface area contributed by atoms with E-state index in [1.807, 2.05) is 55.5 Å². The first-order chi connectivity index (χ1) is 13.7. The quantitative estimate of drug-likeness (QED) is 0.437. The highest BCUT2D eigenvalue weighted by atomic mass is 16.5. The van der Waals surface area contributed by atoms with Crippen LogP contribution >= 0.6 is 0 Å². The van der Waals surface area contributed by atoms with E-state index in [1.54, 1.807) is 0 Å². The van der Waals surface area contributed by atoms with Crippen LogP contribution in [0.2, 0.25) is 0 Å². The number of hydrogen-bond donors (Lipinski definition) is 3. The van der Waals surface area contributed by atoms with Crippen LogP contribution in [-0.2, 0) is 0 Å². The van der Waals surface area contributed by atoms with Crippen molar-refractivity contribution in [1.29, 1.82) is 0 Å². The van der Waals surface area contributed by atoms with Crippen molar-refractivity contribution in [3.8, 4) is 5.75 Å². The number of hydrogen-bond acceptors (Lipinski definition) is 6. The molecule has 4 aromatic rings. The molecule has 1 aromatic heterocycles. The van der Waals surface area contributed by atoms with Gasteiger partial charge in [-0.1, -0.05) is 36.4 Å². The highest BCUT2D eigenvalue weighted by molar-refractivity contribution is 5.96. The monoisotopic (exact) mass is 371 g/mol. The molecule has 4 rings (SSSR count). The third-order valence-electron chi connectivity index (χ3n) is 4.35. The molecule has 0 saturated heterocycles. The van der Waals surface area contributed by atoms with Gasteiger partial charge in [-0.3, -0.25) is 0 Å². The van der Waals surface area contributed by atoms with Gasteiger partial charge in [-0.05, 0) is 42.6 Å². The number of ether oxygens (including phenoxy) is 1. The number of aromatic nitrogens is 2. The molecular formula is C22H21N5O. The van der Waals surface area contributed by atoms with Crippen molar-refractivity contribution in [3.05, 3.63) is 73.1 Å². The summed E-state index contributed by atoms with van der Waals surface area (Å²) in [4.78, 5) is 8.59. The molecule has 28 heavy (non-hydrogen) atoms. The van der Waals surface area contributed by atoms with Gasteiger partial charge in [-0.2, -0.15) is 0 Å². The van der Waals surface area contributed by atoms with E-state index in [1.165, 1.54) is 6.33 Å². The Morgan fingerprint density at radius 1 is 0.857 bits per heavy atom. The number of rotatable bonds is 6. The summed E-state index contributed by atoms with van der Waals surface area (Å²) >= 11 is 0. The van der Waals surface area contributed by atoms with Crippen molar-refractivity contribution in [2.45, 2.75) is 6.92 Å². The molecular weight excluding hydrogens is 350 g/mol. The van der Waals surface area contributed by atoms with Crippen LogP contribution in [0.1, 0.15) is 6.92 Å². The van der Waals surface area contributed by atoms with Gasteiger partial charge in [0, 0.05) is 16.8 Å². The minimum absolute atomic E-state index is 0.448. The van der Waals surface area contributed by atoms with Crippen LogP contribution in [0.5, 0.6) is 5.75 Å². The third kappa shape index (κ3) is 3.66. The lowest BCUT2D eigenvalue weighted by atomic mass is 10.1. The Balaban J connectivity index is 1.59. The average molecular weight is 371 g/mol. The summed E-state index contributed by atoms with van der Waals surface area (Å²) in [7, 11) is 0. The fourth-order valence-electron chi connectivity index (χ4n) is 2.99. The lowest BCUT2D eigenvalue weighted by molar-refractivity contribution is 0.340. The number of benzene rings is 3. The largest absolute Gasteiger partial charge is 0.494 e. The van der Waals surface area contributed by atoms with Gasteiger partial charge >= 0.3 is 0 Å². The Morgan fingerprint density at radius 2 is 1.57 bits per heavy atom. The lowest BCUT2D eigenvalue weighted by Crippen LogP contribution is -2.05. The average Bonchev–Trinajstić information content (AvgIpc) is 2.73. The van der Waals surface area contributed by atoms with Crippen LogP contribution in [0.3, 0.4) is 0 Å². The maximum atomic E-state index is 6.33. The van der Waals surface area contributed by atoms with Gasteiger partial charge in [0.2, 0.25) is 0 Å². The summed E-state index contributed by atoms with van der Waals surface area (Å²) in [6.07, 6.45) is 1.49. The van der Waals surface area contributed by atoms with Crippen molar-refractivity contribution in [1.82, 2.24) is 9.97 Å². The van der Waals surface area contributed by atoms with E-state index in [0.29, 0.717) is 23.9 Å². The van der Waals surface area contributed by atoms with Crippen molar-refractivity contribution in [2.75, 3.05) is 23.0 Å². The minimum atomic E-state index is 0.448. The standard InChI is InChI=1S/C22H21N5O/c1-2-28-17-12-10-16(11-13-17)26-21-20(23)22(25-14-24-21)27-19-9-5-7-15-6-3-4-8-18(15)19/h3-14H,2,23H2,1H3,(H2,24,25,26,27). The van der Waals surface area contributed by atoms with Gasteiger partial charge in [-0.25, -0.2) is 9.97 Å². The highest BCUT2D eigenvalue weighted by Crippen LogP contribution is 2.31. The molecule has 0 aliphatic rings. The summed E-state index contributed by atoms with van der Waals surface area (Å²) < 4.78 is 5.47. The molecule has 0 atom stereocenters. The summed E-state index contributed by atoms with van der Waals surface area (Å²) in [6.45, 7) is 2.59. The maximum absolute atomic E-state index is 6.33. The van der Waals surface area contributed by atoms with Crippen molar-refractivity contribution in [3.63, 3.8) is 0 Å². The Bertz CT molecular complexity index is 1090. The zero-order valence-corrected chi connectivity index (χ0v) is 15.5. The normalized spacial score (nSPS) is 10.6. The molecule has 0 fully saturated rings. The van der Waals surface area contributed by atoms with E-state index in [-0.39, 0.29) is 0 Å². The Hall–Kier alpha value is -3.80. The van der Waals surface area contributed by atoms with E-state index in [4.69, 9.17) is 10.5 Å². The lowest BCUT2D eigenvalue weighted by Gasteiger charge is -2.14. The van der Waals surface area contributed by atoms with E-state index in [2.05, 4.69) is 38.8 Å². The first kappa shape index (κ1) is 17.6. The Labute approximate surface area is 163 Å². The third-order valence-corrected chi connectivity index (χ3v) is 4.35. The van der Waals surface area contributed by atoms with Crippen LogP contribution in [0.15, 0.2) is 73.1 Å². The molecule has 0 aliphatic heterocycles. The number of anilines is 5. The van der Waals surface area contributed by atoms with Crippen LogP contribution in [0.4, 0.5) is 28.7 Å². The Kier molecular flexibility index (Phi) is 4.93. The molecule has 0 aliphatic carbocycles. The number of nitrogens with two attached hydrogens (primary N) is 1. The summed E-state index contributed by atoms with van der Waals surface area (Å²) in [5.41, 5.74) is 8.58. The minimum Gasteiger partial charge on any atom is -0.494 e. The smallest absolute Gasteiger partial charge is 0.159 e. The molecule has 0 saturated carbocycles. The fourth-order valence-corrected chi connectivity index (χ4v) is 2.99. The number of fused-ring (bicyclic) bond motifs is 1. The van der Waals surface area contributed by atoms with Crippen molar-refractivity contribution < 1.29 is 4.74 Å². The Morgan fingerprint density at radius 3 is 2.36 bits per heavy atom. The second-order valence-electron chi connectivity index (χ2n) is 6.22. The number of nitrogens with zero attached hydrogens (tertiary/aromatic N) is 2.